The maximum Gasteiger partial charge on any atom is 0.141 e. The molecule has 20 heavy (non-hydrogen) atoms. The highest BCUT2D eigenvalue weighted by atomic mass is 79.9. The summed E-state index contributed by atoms with van der Waals surface area (Å²) in [5, 5.41) is 10.5. The zero-order chi connectivity index (χ0) is 14.7. The summed E-state index contributed by atoms with van der Waals surface area (Å²) in [4.78, 5) is 0. The summed E-state index contributed by atoms with van der Waals surface area (Å²) in [5.74, 6) is -0.186. The summed E-state index contributed by atoms with van der Waals surface area (Å²) in [6.07, 6.45) is -0.774. The molecule has 0 radical (unpaired) electrons. The van der Waals surface area contributed by atoms with E-state index >= 15 is 0 Å². The Bertz CT molecular complexity index is 587. The number of ether oxygens (including phenoxy) is 1. The fourth-order valence-electron chi connectivity index (χ4n) is 2.16. The van der Waals surface area contributed by atoms with E-state index in [2.05, 4.69) is 15.9 Å². The summed E-state index contributed by atoms with van der Waals surface area (Å²) in [6.45, 7) is 1.93. The minimum absolute atomic E-state index is 0.123. The average molecular weight is 339 g/mol. The third kappa shape index (κ3) is 3.02. The standard InChI is InChI=1S/C16H16BrFO2/c1-10(11-6-4-3-5-7-11)16(19)12-8-13(17)14(18)9-15(12)20-2/h3-10,16,19H,1-2H3. The number of rotatable bonds is 4. The van der Waals surface area contributed by atoms with E-state index in [0.29, 0.717) is 15.8 Å². The Kier molecular flexibility index (Phi) is 4.78. The largest absolute Gasteiger partial charge is 0.496 e. The van der Waals surface area contributed by atoms with Crippen LogP contribution in [0, 0.1) is 5.82 Å². The van der Waals surface area contributed by atoms with Crippen molar-refractivity contribution in [3.8, 4) is 5.75 Å². The predicted octanol–water partition coefficient (Wildman–Crippen LogP) is 4.43. The van der Waals surface area contributed by atoms with Gasteiger partial charge in [-0.15, -0.1) is 0 Å². The average Bonchev–Trinajstić information content (AvgIpc) is 2.49. The van der Waals surface area contributed by atoms with Gasteiger partial charge >= 0.3 is 0 Å². The van der Waals surface area contributed by atoms with Crippen molar-refractivity contribution in [2.24, 2.45) is 0 Å². The van der Waals surface area contributed by atoms with Gasteiger partial charge in [0, 0.05) is 17.5 Å². The third-order valence-electron chi connectivity index (χ3n) is 3.39. The maximum absolute atomic E-state index is 13.5. The smallest absolute Gasteiger partial charge is 0.141 e. The molecule has 2 unspecified atom stereocenters. The lowest BCUT2D eigenvalue weighted by Crippen LogP contribution is -2.09. The lowest BCUT2D eigenvalue weighted by atomic mass is 9.90. The van der Waals surface area contributed by atoms with E-state index in [0.717, 1.165) is 5.56 Å². The van der Waals surface area contributed by atoms with Gasteiger partial charge in [-0.25, -0.2) is 4.39 Å². The van der Waals surface area contributed by atoms with Crippen molar-refractivity contribution in [3.63, 3.8) is 0 Å². The van der Waals surface area contributed by atoms with Crippen LogP contribution in [0.5, 0.6) is 5.75 Å². The second-order valence-electron chi connectivity index (χ2n) is 4.65. The number of aliphatic hydroxyl groups excluding tert-OH is 1. The maximum atomic E-state index is 13.5. The van der Waals surface area contributed by atoms with Gasteiger partial charge in [0.15, 0.2) is 0 Å². The molecular formula is C16H16BrFO2. The molecule has 2 nitrogen and oxygen atoms in total. The van der Waals surface area contributed by atoms with Crippen molar-refractivity contribution in [1.82, 2.24) is 0 Å². The zero-order valence-corrected chi connectivity index (χ0v) is 12.9. The Labute approximate surface area is 126 Å². The summed E-state index contributed by atoms with van der Waals surface area (Å²) >= 11 is 3.14. The Morgan fingerprint density at radius 3 is 2.45 bits per heavy atom. The summed E-state index contributed by atoms with van der Waals surface area (Å²) in [5.41, 5.74) is 1.58. The number of benzene rings is 2. The summed E-state index contributed by atoms with van der Waals surface area (Å²) < 4.78 is 19.0. The van der Waals surface area contributed by atoms with Crippen LogP contribution in [0.2, 0.25) is 0 Å². The molecule has 106 valence electrons. The number of hydrogen-bond acceptors (Lipinski definition) is 2. The van der Waals surface area contributed by atoms with Crippen LogP contribution < -0.4 is 4.74 Å². The van der Waals surface area contributed by atoms with Crippen molar-refractivity contribution in [2.45, 2.75) is 18.9 Å². The van der Waals surface area contributed by atoms with E-state index in [4.69, 9.17) is 4.74 Å². The molecule has 0 spiro atoms. The first kappa shape index (κ1) is 15.0. The van der Waals surface area contributed by atoms with Gasteiger partial charge in [-0.1, -0.05) is 37.3 Å². The van der Waals surface area contributed by atoms with Crippen LogP contribution in [-0.4, -0.2) is 12.2 Å². The molecule has 0 aliphatic carbocycles. The fraction of sp³-hybridized carbons (Fsp3) is 0.250. The molecule has 0 saturated heterocycles. The topological polar surface area (TPSA) is 29.5 Å². The highest BCUT2D eigenvalue weighted by Gasteiger charge is 2.23. The Balaban J connectivity index is 2.38. The molecule has 0 saturated carbocycles. The van der Waals surface area contributed by atoms with E-state index in [-0.39, 0.29) is 5.92 Å². The molecular weight excluding hydrogens is 323 g/mol. The minimum atomic E-state index is -0.774. The van der Waals surface area contributed by atoms with E-state index in [1.807, 2.05) is 37.3 Å². The van der Waals surface area contributed by atoms with Crippen LogP contribution in [0.25, 0.3) is 0 Å². The van der Waals surface area contributed by atoms with Crippen LogP contribution in [0.4, 0.5) is 4.39 Å². The van der Waals surface area contributed by atoms with Crippen molar-refractivity contribution < 1.29 is 14.2 Å². The molecule has 0 aliphatic rings. The number of hydrogen-bond donors (Lipinski definition) is 1. The van der Waals surface area contributed by atoms with Crippen LogP contribution in [0.3, 0.4) is 0 Å². The molecule has 2 atom stereocenters. The van der Waals surface area contributed by atoms with E-state index in [1.54, 1.807) is 6.07 Å². The SMILES string of the molecule is COc1cc(F)c(Br)cc1C(O)C(C)c1ccccc1. The van der Waals surface area contributed by atoms with Crippen LogP contribution in [-0.2, 0) is 0 Å². The van der Waals surface area contributed by atoms with Crippen molar-refractivity contribution in [3.05, 3.63) is 63.9 Å². The van der Waals surface area contributed by atoms with Crippen LogP contribution in [0.15, 0.2) is 46.9 Å². The van der Waals surface area contributed by atoms with Gasteiger partial charge in [-0.05, 0) is 27.6 Å². The van der Waals surface area contributed by atoms with Crippen LogP contribution in [0.1, 0.15) is 30.1 Å². The second kappa shape index (κ2) is 6.37. The monoisotopic (exact) mass is 338 g/mol. The highest BCUT2D eigenvalue weighted by Crippen LogP contribution is 2.37. The Hall–Kier alpha value is -1.39. The van der Waals surface area contributed by atoms with Crippen molar-refractivity contribution >= 4 is 15.9 Å². The molecule has 0 fully saturated rings. The van der Waals surface area contributed by atoms with Gasteiger partial charge in [0.05, 0.1) is 17.7 Å². The molecule has 2 aromatic carbocycles. The van der Waals surface area contributed by atoms with Crippen molar-refractivity contribution in [1.29, 1.82) is 0 Å². The first-order chi connectivity index (χ1) is 9.54. The lowest BCUT2D eigenvalue weighted by Gasteiger charge is -2.22. The molecule has 4 heteroatoms. The quantitative estimate of drug-likeness (QED) is 0.893. The number of aliphatic hydroxyl groups is 1. The first-order valence-electron chi connectivity index (χ1n) is 6.30. The Morgan fingerprint density at radius 2 is 1.85 bits per heavy atom. The number of methoxy groups -OCH3 is 1. The summed E-state index contributed by atoms with van der Waals surface area (Å²) in [7, 11) is 1.46. The van der Waals surface area contributed by atoms with E-state index in [1.165, 1.54) is 13.2 Å². The van der Waals surface area contributed by atoms with Gasteiger partial charge in [0.1, 0.15) is 11.6 Å². The highest BCUT2D eigenvalue weighted by molar-refractivity contribution is 9.10. The summed E-state index contributed by atoms with van der Waals surface area (Å²) in [6, 6.07) is 12.5. The lowest BCUT2D eigenvalue weighted by molar-refractivity contribution is 0.147. The number of halogens is 2. The van der Waals surface area contributed by atoms with E-state index in [9.17, 15) is 9.50 Å². The van der Waals surface area contributed by atoms with Crippen LogP contribution >= 0.6 is 15.9 Å². The third-order valence-corrected chi connectivity index (χ3v) is 4.00. The van der Waals surface area contributed by atoms with E-state index < -0.39 is 11.9 Å². The molecule has 2 rings (SSSR count). The molecule has 0 aliphatic heterocycles. The molecule has 0 aromatic heterocycles. The molecule has 0 amide bonds. The fourth-order valence-corrected chi connectivity index (χ4v) is 2.52. The minimum Gasteiger partial charge on any atom is -0.496 e. The van der Waals surface area contributed by atoms with Gasteiger partial charge in [0.25, 0.3) is 0 Å². The second-order valence-corrected chi connectivity index (χ2v) is 5.51. The molecule has 2 aromatic rings. The zero-order valence-electron chi connectivity index (χ0n) is 11.3. The van der Waals surface area contributed by atoms with Crippen molar-refractivity contribution in [2.75, 3.05) is 7.11 Å². The molecule has 0 bridgehead atoms. The predicted molar refractivity (Wildman–Crippen MR) is 80.5 cm³/mol. The van der Waals surface area contributed by atoms with Gasteiger partial charge in [0.2, 0.25) is 0 Å². The van der Waals surface area contributed by atoms with Gasteiger partial charge in [-0.3, -0.25) is 0 Å². The first-order valence-corrected chi connectivity index (χ1v) is 7.09. The normalized spacial score (nSPS) is 13.8. The molecule has 0 heterocycles. The van der Waals surface area contributed by atoms with Gasteiger partial charge < -0.3 is 9.84 Å². The van der Waals surface area contributed by atoms with Gasteiger partial charge in [-0.2, -0.15) is 0 Å². The molecule has 1 N–H and O–H groups in total. The Morgan fingerprint density at radius 1 is 1.20 bits per heavy atom.